The standard InChI is InChI=1S/C39H50P2/c1-28(2)32-10-18-36(19-11-32)40(37-20-12-33(13-21-37)29(3)4)26-9-27-41(38-22-14-34(15-23-38)30(5)6)39-24-16-35(17-25-39)31(7)8/h10-25,28-31H,9,26-27H2,1-8H3. The maximum atomic E-state index is 2.41. The molecule has 0 amide bonds. The molecule has 0 fully saturated rings. The van der Waals surface area contributed by atoms with Crippen LogP contribution in [-0.4, -0.2) is 12.3 Å². The molecule has 4 aromatic rings. The van der Waals surface area contributed by atoms with Crippen LogP contribution in [0.15, 0.2) is 97.1 Å². The first kappa shape index (κ1) is 31.7. The first-order valence-electron chi connectivity index (χ1n) is 15.6. The Morgan fingerprint density at radius 2 is 0.537 bits per heavy atom. The number of benzene rings is 4. The van der Waals surface area contributed by atoms with Crippen LogP contribution in [0, 0.1) is 0 Å². The lowest BCUT2D eigenvalue weighted by molar-refractivity contribution is 0.867. The van der Waals surface area contributed by atoms with Crippen molar-refractivity contribution in [1.29, 1.82) is 0 Å². The van der Waals surface area contributed by atoms with E-state index in [1.807, 2.05) is 0 Å². The number of hydrogen-bond acceptors (Lipinski definition) is 0. The molecule has 0 aliphatic rings. The van der Waals surface area contributed by atoms with Gasteiger partial charge in [-0.3, -0.25) is 0 Å². The molecule has 0 aromatic heterocycles. The molecule has 4 aromatic carbocycles. The number of rotatable bonds is 12. The predicted molar refractivity (Wildman–Crippen MR) is 189 cm³/mol. The van der Waals surface area contributed by atoms with Gasteiger partial charge < -0.3 is 0 Å². The van der Waals surface area contributed by atoms with Gasteiger partial charge in [0, 0.05) is 0 Å². The minimum absolute atomic E-state index is 0.400. The van der Waals surface area contributed by atoms with Crippen molar-refractivity contribution in [1.82, 2.24) is 0 Å². The summed E-state index contributed by atoms with van der Waals surface area (Å²) >= 11 is 0. The Hall–Kier alpha value is -2.26. The van der Waals surface area contributed by atoms with Gasteiger partial charge in [0.2, 0.25) is 0 Å². The zero-order valence-corrected chi connectivity index (χ0v) is 28.4. The fraction of sp³-hybridized carbons (Fsp3) is 0.385. The molecule has 0 radical (unpaired) electrons. The van der Waals surface area contributed by atoms with Crippen molar-refractivity contribution in [3.05, 3.63) is 119 Å². The topological polar surface area (TPSA) is 0 Å². The second-order valence-electron chi connectivity index (χ2n) is 12.6. The molecular weight excluding hydrogens is 530 g/mol. The lowest BCUT2D eigenvalue weighted by Crippen LogP contribution is -2.18. The first-order valence-corrected chi connectivity index (χ1v) is 18.6. The molecule has 4 rings (SSSR count). The van der Waals surface area contributed by atoms with Crippen molar-refractivity contribution >= 4 is 37.1 Å². The van der Waals surface area contributed by atoms with Gasteiger partial charge in [-0.25, -0.2) is 0 Å². The van der Waals surface area contributed by atoms with Crippen molar-refractivity contribution in [2.45, 2.75) is 85.5 Å². The highest BCUT2D eigenvalue weighted by Gasteiger charge is 2.19. The van der Waals surface area contributed by atoms with E-state index >= 15 is 0 Å². The van der Waals surface area contributed by atoms with Crippen molar-refractivity contribution in [2.24, 2.45) is 0 Å². The Bertz CT molecular complexity index is 1120. The van der Waals surface area contributed by atoms with Crippen LogP contribution in [0.5, 0.6) is 0 Å². The van der Waals surface area contributed by atoms with Gasteiger partial charge in [0.15, 0.2) is 0 Å². The summed E-state index contributed by atoms with van der Waals surface area (Å²) in [4.78, 5) is 0. The maximum absolute atomic E-state index is 2.41. The highest BCUT2D eigenvalue weighted by atomic mass is 31.1. The Balaban J connectivity index is 1.61. The molecule has 0 saturated carbocycles. The van der Waals surface area contributed by atoms with E-state index in [-0.39, 0.29) is 0 Å². The Kier molecular flexibility index (Phi) is 11.4. The Morgan fingerprint density at radius 1 is 0.341 bits per heavy atom. The van der Waals surface area contributed by atoms with Crippen LogP contribution in [0.4, 0.5) is 0 Å². The molecule has 0 N–H and O–H groups in total. The average Bonchev–Trinajstić information content (AvgIpc) is 2.97. The maximum Gasteiger partial charge on any atom is -0.0195 e. The van der Waals surface area contributed by atoms with Gasteiger partial charge in [-0.2, -0.15) is 0 Å². The summed E-state index contributed by atoms with van der Waals surface area (Å²) in [5.74, 6) is 2.25. The van der Waals surface area contributed by atoms with Crippen LogP contribution in [0.2, 0.25) is 0 Å². The molecule has 0 unspecified atom stereocenters. The minimum atomic E-state index is -0.400. The summed E-state index contributed by atoms with van der Waals surface area (Å²) in [5, 5.41) is 6.03. The quantitative estimate of drug-likeness (QED) is 0.146. The lowest BCUT2D eigenvalue weighted by Gasteiger charge is -2.23. The molecule has 0 heterocycles. The third-order valence-corrected chi connectivity index (χ3v) is 13.5. The summed E-state index contributed by atoms with van der Waals surface area (Å²) in [6, 6.07) is 38.2. The van der Waals surface area contributed by atoms with Gasteiger partial charge in [0.1, 0.15) is 0 Å². The van der Waals surface area contributed by atoms with Crippen molar-refractivity contribution in [2.75, 3.05) is 12.3 Å². The summed E-state index contributed by atoms with van der Waals surface area (Å²) < 4.78 is 0. The molecule has 216 valence electrons. The zero-order valence-electron chi connectivity index (χ0n) is 26.6. The molecular formula is C39H50P2. The monoisotopic (exact) mass is 580 g/mol. The van der Waals surface area contributed by atoms with Crippen LogP contribution in [0.1, 0.15) is 108 Å². The van der Waals surface area contributed by atoms with Crippen molar-refractivity contribution in [3.8, 4) is 0 Å². The van der Waals surface area contributed by atoms with Gasteiger partial charge in [-0.15, -0.1) is 0 Å². The summed E-state index contributed by atoms with van der Waals surface area (Å²) in [7, 11) is -0.800. The highest BCUT2D eigenvalue weighted by Crippen LogP contribution is 2.40. The fourth-order valence-electron chi connectivity index (χ4n) is 5.36. The molecule has 0 aliphatic carbocycles. The van der Waals surface area contributed by atoms with Gasteiger partial charge in [0.05, 0.1) is 0 Å². The number of hydrogen-bond donors (Lipinski definition) is 0. The first-order chi connectivity index (χ1) is 19.6. The fourth-order valence-corrected chi connectivity index (χ4v) is 10.2. The van der Waals surface area contributed by atoms with E-state index in [2.05, 4.69) is 152 Å². The Labute approximate surface area is 253 Å². The molecule has 0 atom stereocenters. The lowest BCUT2D eigenvalue weighted by atomic mass is 10.0. The van der Waals surface area contributed by atoms with Gasteiger partial charge in [-0.1, -0.05) is 152 Å². The van der Waals surface area contributed by atoms with Gasteiger partial charge in [0.25, 0.3) is 0 Å². The largest absolute Gasteiger partial charge is 0.0587 e. The van der Waals surface area contributed by atoms with E-state index in [1.165, 1.54) is 62.2 Å². The van der Waals surface area contributed by atoms with E-state index in [4.69, 9.17) is 0 Å². The third kappa shape index (κ3) is 8.40. The van der Waals surface area contributed by atoms with E-state index in [0.29, 0.717) is 23.7 Å². The highest BCUT2D eigenvalue weighted by molar-refractivity contribution is 7.74. The molecule has 41 heavy (non-hydrogen) atoms. The molecule has 0 nitrogen and oxygen atoms in total. The van der Waals surface area contributed by atoms with Crippen LogP contribution < -0.4 is 21.2 Å². The third-order valence-electron chi connectivity index (χ3n) is 8.25. The molecule has 0 saturated heterocycles. The molecule has 0 bridgehead atoms. The average molecular weight is 581 g/mol. The van der Waals surface area contributed by atoms with E-state index in [9.17, 15) is 0 Å². The predicted octanol–water partition coefficient (Wildman–Crippen LogP) is 10.1. The summed E-state index contributed by atoms with van der Waals surface area (Å²) in [5.41, 5.74) is 5.71. The van der Waals surface area contributed by atoms with Crippen LogP contribution in [0.25, 0.3) is 0 Å². The second-order valence-corrected chi connectivity index (χ2v) is 17.3. The minimum Gasteiger partial charge on any atom is -0.0587 e. The van der Waals surface area contributed by atoms with Crippen molar-refractivity contribution < 1.29 is 0 Å². The van der Waals surface area contributed by atoms with Crippen molar-refractivity contribution in [3.63, 3.8) is 0 Å². The van der Waals surface area contributed by atoms with Crippen LogP contribution in [-0.2, 0) is 0 Å². The normalized spacial score (nSPS) is 12.0. The summed E-state index contributed by atoms with van der Waals surface area (Å²) in [6.45, 7) is 18.3. The van der Waals surface area contributed by atoms with Crippen LogP contribution in [0.3, 0.4) is 0 Å². The molecule has 0 spiro atoms. The van der Waals surface area contributed by atoms with Gasteiger partial charge >= 0.3 is 0 Å². The van der Waals surface area contributed by atoms with E-state index in [0.717, 1.165) is 0 Å². The zero-order chi connectivity index (χ0) is 29.5. The summed E-state index contributed by atoms with van der Waals surface area (Å²) in [6.07, 6.45) is 3.68. The van der Waals surface area contributed by atoms with E-state index < -0.39 is 15.8 Å². The van der Waals surface area contributed by atoms with Crippen LogP contribution >= 0.6 is 15.8 Å². The second kappa shape index (κ2) is 14.8. The smallest absolute Gasteiger partial charge is 0.0195 e. The molecule has 2 heteroatoms. The molecule has 0 aliphatic heterocycles. The van der Waals surface area contributed by atoms with Gasteiger partial charge in [-0.05, 0) is 102 Å². The SMILES string of the molecule is CC(C)c1ccc(P(CCCP(c2ccc(C(C)C)cc2)c2ccc(C(C)C)cc2)c2ccc(C(C)C)cc2)cc1. The Morgan fingerprint density at radius 3 is 0.707 bits per heavy atom. The van der Waals surface area contributed by atoms with E-state index in [1.54, 1.807) is 0 Å².